The number of alkyl carbamates (subject to hydrolysis) is 1. The maximum atomic E-state index is 15.8. The number of aromatic amines is 1. The van der Waals surface area contributed by atoms with Crippen LogP contribution in [-0.2, 0) is 90.9 Å². The van der Waals surface area contributed by atoms with Crippen molar-refractivity contribution in [3.05, 3.63) is 117 Å². The first-order chi connectivity index (χ1) is 52.4. The van der Waals surface area contributed by atoms with Crippen LogP contribution in [0.5, 0.6) is 28.7 Å². The number of rotatable bonds is 30. The summed E-state index contributed by atoms with van der Waals surface area (Å²) in [7, 11) is 1.53. The number of thioether (sulfide) groups is 1. The molecule has 4 bridgehead atoms. The zero-order chi connectivity index (χ0) is 77.2. The largest absolute Gasteiger partial charge is 0.504 e. The molecule has 14 rings (SSSR count). The average molecular weight is 1520 g/mol. The highest BCUT2D eigenvalue weighted by Gasteiger charge is 2.73. The summed E-state index contributed by atoms with van der Waals surface area (Å²) >= 11 is 1.44. The molecule has 32 heteroatoms. The molecule has 580 valence electrons. The predicted molar refractivity (Wildman–Crippen MR) is 392 cm³/mol. The molecule has 0 saturated carbocycles. The van der Waals surface area contributed by atoms with Gasteiger partial charge in [-0.05, 0) is 86.6 Å². The third kappa shape index (κ3) is 15.1. The molecule has 7 amide bonds. The summed E-state index contributed by atoms with van der Waals surface area (Å²) in [5.41, 5.74) is 3.76. The Labute approximate surface area is 633 Å². The lowest BCUT2D eigenvalue weighted by molar-refractivity contribution is -0.157. The summed E-state index contributed by atoms with van der Waals surface area (Å²) in [6.45, 7) is 14.2. The van der Waals surface area contributed by atoms with Crippen molar-refractivity contribution >= 4 is 81.8 Å². The van der Waals surface area contributed by atoms with E-state index >= 15 is 4.79 Å². The number of hydrogen-bond donors (Lipinski definition) is 8. The molecule has 1 aromatic heterocycles. The predicted octanol–water partition coefficient (Wildman–Crippen LogP) is 4.97. The number of nitriles is 1. The third-order valence-electron chi connectivity index (χ3n) is 21.6. The number of phenols is 1. The van der Waals surface area contributed by atoms with Crippen molar-refractivity contribution in [2.45, 2.75) is 139 Å². The van der Waals surface area contributed by atoms with E-state index in [0.717, 1.165) is 32.5 Å². The molecule has 4 unspecified atom stereocenters. The minimum Gasteiger partial charge on any atom is -0.504 e. The van der Waals surface area contributed by atoms with Crippen LogP contribution in [0.15, 0.2) is 66.7 Å². The standard InChI is InChI=1S/C77H91N11O20S/c1-41(2)61(84-55(91)20-23-100-25-27-102-29-30-103-28-26-101-24-21-79-54(90)19-22-86-56(92)17-18-57(86)93)72(96)81-44(5)71(95)82-47-15-13-46(14-16-47)34-105-74(98)80-33-48-32-50-49-11-9-10-12-52(49)83-70(50)77(85-48)39-109-69-60-59(68-67(106-40-107-68)43(4)66(60)108-45(6)89)53(35-104-73(77)97)88-63(69)62-58-51(31-42(3)65(99-8)64(58)94)75(7)36-76(88,37-78)38-87(62)75/h9-18,31,41,44,48,53,61-63,69,83,85,94H,19-30,32-36,38-40H2,1-8H3,(H,79,90)(H,80,98)(H,81,96)(H,82,95)(H,84,91)/t44-,48+,53-,61-,62?,63?,69+,75?,76?,77+/m0/s1. The minimum absolute atomic E-state index is 0.00167. The molecule has 0 radical (unpaired) electrons. The molecule has 9 aliphatic heterocycles. The Bertz CT molecular complexity index is 4470. The second kappa shape index (κ2) is 32.4. The third-order valence-corrected chi connectivity index (χ3v) is 23.1. The fourth-order valence-electron chi connectivity index (χ4n) is 16.6. The topological polar surface area (TPSA) is 388 Å². The van der Waals surface area contributed by atoms with Crippen molar-refractivity contribution in [2.24, 2.45) is 5.92 Å². The minimum atomic E-state index is -1.61. The summed E-state index contributed by atoms with van der Waals surface area (Å²) < 4.78 is 59.3. The maximum Gasteiger partial charge on any atom is 0.407 e. The normalized spacial score (nSPS) is 23.8. The van der Waals surface area contributed by atoms with Crippen LogP contribution in [0.1, 0.15) is 121 Å². The number of imide groups is 1. The maximum absolute atomic E-state index is 15.8. The van der Waals surface area contributed by atoms with Crippen molar-refractivity contribution in [3.8, 4) is 34.8 Å². The molecule has 5 aromatic rings. The van der Waals surface area contributed by atoms with E-state index < -0.39 is 106 Å². The van der Waals surface area contributed by atoms with E-state index in [4.69, 9.17) is 47.4 Å². The first-order valence-electron chi connectivity index (χ1n) is 36.6. The van der Waals surface area contributed by atoms with Gasteiger partial charge in [0.25, 0.3) is 11.8 Å². The smallest absolute Gasteiger partial charge is 0.407 e. The number of carbonyl (C=O) groups is 9. The van der Waals surface area contributed by atoms with Gasteiger partial charge < -0.3 is 84.0 Å². The first kappa shape index (κ1) is 77.3. The van der Waals surface area contributed by atoms with Crippen molar-refractivity contribution in [2.75, 3.05) is 111 Å². The number of ether oxygens (including phenoxy) is 10. The molecule has 9 aliphatic rings. The molecular weight excluding hydrogens is 1430 g/mol. The molecule has 10 atom stereocenters. The van der Waals surface area contributed by atoms with Crippen LogP contribution in [-0.4, -0.2) is 213 Å². The number of aromatic hydroxyl groups is 1. The number of para-hydroxylation sites is 1. The number of nitrogens with zero attached hydrogens (tertiary/aromatic N) is 4. The van der Waals surface area contributed by atoms with E-state index in [1.165, 1.54) is 44.9 Å². The van der Waals surface area contributed by atoms with Crippen molar-refractivity contribution in [3.63, 3.8) is 0 Å². The second-order valence-electron chi connectivity index (χ2n) is 29.0. The Morgan fingerprint density at radius 2 is 1.51 bits per heavy atom. The monoisotopic (exact) mass is 1520 g/mol. The van der Waals surface area contributed by atoms with Gasteiger partial charge in [-0.25, -0.2) is 9.59 Å². The molecule has 109 heavy (non-hydrogen) atoms. The molecule has 0 aliphatic carbocycles. The highest BCUT2D eigenvalue weighted by atomic mass is 32.2. The summed E-state index contributed by atoms with van der Waals surface area (Å²) in [4.78, 5) is 127. The van der Waals surface area contributed by atoms with E-state index in [1.54, 1.807) is 38.1 Å². The fourth-order valence-corrected chi connectivity index (χ4v) is 18.3. The second-order valence-corrected chi connectivity index (χ2v) is 30.1. The molecule has 3 fully saturated rings. The first-order valence-corrected chi connectivity index (χ1v) is 37.6. The lowest BCUT2D eigenvalue weighted by Gasteiger charge is -2.58. The van der Waals surface area contributed by atoms with Crippen molar-refractivity contribution in [1.29, 1.82) is 5.26 Å². The summed E-state index contributed by atoms with van der Waals surface area (Å²) in [6, 6.07) is 14.6. The lowest BCUT2D eigenvalue weighted by Crippen LogP contribution is -2.67. The molecule has 3 saturated heterocycles. The number of phenolic OH excluding ortho intramolecular Hbond substituents is 1. The fraction of sp³-hybridized carbons (Fsp3) is 0.506. The number of hydrogen-bond acceptors (Lipinski definition) is 25. The van der Waals surface area contributed by atoms with Gasteiger partial charge in [-0.2, -0.15) is 5.26 Å². The lowest BCUT2D eigenvalue weighted by atomic mass is 9.72. The molecule has 1 spiro atoms. The Hall–Kier alpha value is -9.85. The average Bonchev–Trinajstić information content (AvgIpc) is 1.50. The van der Waals surface area contributed by atoms with Gasteiger partial charge in [0.1, 0.15) is 36.6 Å². The number of anilines is 1. The van der Waals surface area contributed by atoms with Crippen LogP contribution in [0.25, 0.3) is 10.9 Å². The van der Waals surface area contributed by atoms with Crippen molar-refractivity contribution < 1.29 is 95.6 Å². The van der Waals surface area contributed by atoms with E-state index in [2.05, 4.69) is 65.7 Å². The van der Waals surface area contributed by atoms with Gasteiger partial charge in [-0.1, -0.05) is 44.2 Å². The zero-order valence-corrected chi connectivity index (χ0v) is 62.8. The molecular formula is C77H91N11O20S. The number of H-pyrrole nitrogens is 1. The van der Waals surface area contributed by atoms with Crippen LogP contribution < -0.4 is 50.8 Å². The number of nitrogens with one attached hydrogen (secondary N) is 7. The molecule has 10 heterocycles. The number of aromatic nitrogens is 1. The van der Waals surface area contributed by atoms with Crippen LogP contribution >= 0.6 is 11.8 Å². The molecule has 8 N–H and O–H groups in total. The number of amides is 7. The Kier molecular flexibility index (Phi) is 23.0. The number of benzene rings is 4. The van der Waals surface area contributed by atoms with E-state index in [1.807, 2.05) is 38.1 Å². The SMILES string of the molecule is COc1c(C)cc2c(c1O)C1C3[C@@H]4SC[C@]5(N[C@@H](CNC(=O)OCc6ccc(NC(=O)[C@H](C)NC(=O)[C@@H](NC(=O)CCOCCOCCOCCOCCNC(=O)CCN7C(=O)C=CC7=O)C(C)C)cc6)Cc6c5[nH]c5ccccc65)C(=O)OC[C@@H](c5c6c(c(C)c(OC(C)=O)c54)OCO6)N3C3(C#N)CN1C2(C)C3. The van der Waals surface area contributed by atoms with Gasteiger partial charge in [0.15, 0.2) is 28.5 Å². The summed E-state index contributed by atoms with van der Waals surface area (Å²) in [6.07, 6.45) is 2.29. The zero-order valence-electron chi connectivity index (χ0n) is 62.0. The molecule has 31 nitrogen and oxygen atoms in total. The number of methoxy groups -OCH3 is 1. The van der Waals surface area contributed by atoms with Crippen LogP contribution in [0, 0.1) is 31.1 Å². The van der Waals surface area contributed by atoms with Gasteiger partial charge in [0.05, 0.1) is 89.1 Å². The van der Waals surface area contributed by atoms with E-state index in [0.29, 0.717) is 102 Å². The number of piperazine rings is 1. The van der Waals surface area contributed by atoms with Crippen LogP contribution in [0.3, 0.4) is 0 Å². The Morgan fingerprint density at radius 3 is 2.21 bits per heavy atom. The van der Waals surface area contributed by atoms with Gasteiger partial charge in [-0.15, -0.1) is 11.8 Å². The summed E-state index contributed by atoms with van der Waals surface area (Å²) in [5.74, 6) is -2.75. The number of fused-ring (bicyclic) bond motifs is 11. The highest BCUT2D eigenvalue weighted by Crippen LogP contribution is 2.71. The Morgan fingerprint density at radius 1 is 0.817 bits per heavy atom. The van der Waals surface area contributed by atoms with Gasteiger partial charge in [0.2, 0.25) is 30.4 Å². The van der Waals surface area contributed by atoms with Crippen molar-refractivity contribution in [1.82, 2.24) is 46.3 Å². The number of esters is 2. The van der Waals surface area contributed by atoms with Crippen LogP contribution in [0.2, 0.25) is 0 Å². The van der Waals surface area contributed by atoms with E-state index in [-0.39, 0.29) is 108 Å². The quantitative estimate of drug-likeness (QED) is 0.0130. The van der Waals surface area contributed by atoms with Crippen LogP contribution in [0.4, 0.5) is 10.5 Å². The highest BCUT2D eigenvalue weighted by molar-refractivity contribution is 7.99. The number of carbonyl (C=O) groups excluding carboxylic acids is 9. The van der Waals surface area contributed by atoms with Gasteiger partial charge in [0, 0.05) is 127 Å². The van der Waals surface area contributed by atoms with Gasteiger partial charge in [-0.3, -0.25) is 53.6 Å². The Balaban J connectivity index is 0.596. The summed E-state index contributed by atoms with van der Waals surface area (Å²) in [5, 5.41) is 42.0. The number of aryl methyl sites for hydroxylation is 1. The van der Waals surface area contributed by atoms with Gasteiger partial charge >= 0.3 is 18.0 Å². The molecule has 4 aromatic carbocycles. The van der Waals surface area contributed by atoms with E-state index in [9.17, 15) is 48.7 Å².